The van der Waals surface area contributed by atoms with Crippen LogP contribution in [0.2, 0.25) is 10.0 Å². The lowest BCUT2D eigenvalue weighted by Crippen LogP contribution is -2.42. The summed E-state index contributed by atoms with van der Waals surface area (Å²) in [5.41, 5.74) is 1.21. The minimum atomic E-state index is -0.686. The molecule has 1 atom stereocenters. The smallest absolute Gasteiger partial charge is 0.283 e. The molecule has 3 amide bonds. The van der Waals surface area contributed by atoms with Gasteiger partial charge in [-0.05, 0) is 68.7 Å². The second kappa shape index (κ2) is 9.14. The third-order valence-corrected chi connectivity index (χ3v) is 6.53. The molecule has 0 bridgehead atoms. The van der Waals surface area contributed by atoms with Crippen molar-refractivity contribution in [1.82, 2.24) is 4.90 Å². The Morgan fingerprint density at radius 3 is 2.38 bits per heavy atom. The minimum Gasteiger partial charge on any atom is -0.350 e. The number of amides is 3. The van der Waals surface area contributed by atoms with E-state index in [2.05, 4.69) is 12.2 Å². The molecule has 2 heterocycles. The number of hydrogen-bond donors (Lipinski definition) is 1. The van der Waals surface area contributed by atoms with E-state index in [0.717, 1.165) is 30.7 Å². The third kappa shape index (κ3) is 4.22. The zero-order chi connectivity index (χ0) is 23.0. The van der Waals surface area contributed by atoms with Gasteiger partial charge in [0.05, 0.1) is 10.7 Å². The van der Waals surface area contributed by atoms with E-state index in [0.29, 0.717) is 16.3 Å². The standard InChI is InChI=1S/C23H20Cl3N3O3/c1-13-4-2-3-11-28(13)21(30)14-5-8-16(9-6-14)27-20-19(26)22(31)29(23(20)32)18-10-7-15(24)12-17(18)25/h5-10,12-13,27H,2-4,11H2,1H3. The maximum Gasteiger partial charge on any atom is 0.283 e. The zero-order valence-corrected chi connectivity index (χ0v) is 19.5. The van der Waals surface area contributed by atoms with Crippen molar-refractivity contribution in [2.24, 2.45) is 0 Å². The molecule has 1 fully saturated rings. The van der Waals surface area contributed by atoms with E-state index in [4.69, 9.17) is 34.8 Å². The predicted molar refractivity (Wildman–Crippen MR) is 126 cm³/mol. The Bertz CT molecular complexity index is 1130. The summed E-state index contributed by atoms with van der Waals surface area (Å²) in [4.78, 5) is 41.2. The van der Waals surface area contributed by atoms with Gasteiger partial charge < -0.3 is 10.2 Å². The first-order valence-electron chi connectivity index (χ1n) is 10.2. The fourth-order valence-corrected chi connectivity index (χ4v) is 4.60. The normalized spacial score (nSPS) is 19.1. The molecule has 2 aliphatic rings. The van der Waals surface area contributed by atoms with Crippen LogP contribution in [-0.4, -0.2) is 35.2 Å². The Balaban J connectivity index is 1.52. The van der Waals surface area contributed by atoms with E-state index in [1.54, 1.807) is 24.3 Å². The number of nitrogens with one attached hydrogen (secondary N) is 1. The maximum absolute atomic E-state index is 12.9. The number of imide groups is 1. The van der Waals surface area contributed by atoms with E-state index in [9.17, 15) is 14.4 Å². The van der Waals surface area contributed by atoms with Crippen LogP contribution in [-0.2, 0) is 9.59 Å². The summed E-state index contributed by atoms with van der Waals surface area (Å²) in [5, 5.41) is 3.18. The molecule has 0 aromatic heterocycles. The van der Waals surface area contributed by atoms with Crippen molar-refractivity contribution in [3.8, 4) is 0 Å². The van der Waals surface area contributed by atoms with Gasteiger partial charge in [0.1, 0.15) is 10.7 Å². The van der Waals surface area contributed by atoms with Crippen molar-refractivity contribution in [3.63, 3.8) is 0 Å². The molecule has 1 N–H and O–H groups in total. The van der Waals surface area contributed by atoms with Crippen LogP contribution in [0.1, 0.15) is 36.5 Å². The van der Waals surface area contributed by atoms with Crippen LogP contribution in [0.4, 0.5) is 11.4 Å². The number of nitrogens with zero attached hydrogens (tertiary/aromatic N) is 2. The SMILES string of the molecule is CC1CCCCN1C(=O)c1ccc(NC2=C(Cl)C(=O)N(c3ccc(Cl)cc3Cl)C2=O)cc1. The molecule has 0 aliphatic carbocycles. The number of benzene rings is 2. The molecule has 2 aromatic carbocycles. The van der Waals surface area contributed by atoms with Crippen molar-refractivity contribution in [1.29, 1.82) is 0 Å². The van der Waals surface area contributed by atoms with Crippen LogP contribution >= 0.6 is 34.8 Å². The monoisotopic (exact) mass is 491 g/mol. The number of anilines is 2. The highest BCUT2D eigenvalue weighted by molar-refractivity contribution is 6.53. The van der Waals surface area contributed by atoms with Gasteiger partial charge in [0, 0.05) is 28.9 Å². The highest BCUT2D eigenvalue weighted by Crippen LogP contribution is 2.35. The topological polar surface area (TPSA) is 69.7 Å². The van der Waals surface area contributed by atoms with Gasteiger partial charge in [-0.15, -0.1) is 0 Å². The molecule has 166 valence electrons. The van der Waals surface area contributed by atoms with E-state index in [-0.39, 0.29) is 33.4 Å². The number of carbonyl (C=O) groups excluding carboxylic acids is 3. The van der Waals surface area contributed by atoms with Crippen molar-refractivity contribution in [2.75, 3.05) is 16.8 Å². The van der Waals surface area contributed by atoms with Crippen molar-refractivity contribution < 1.29 is 14.4 Å². The number of likely N-dealkylation sites (tertiary alicyclic amines) is 1. The first-order chi connectivity index (χ1) is 15.3. The summed E-state index contributed by atoms with van der Waals surface area (Å²) in [6.07, 6.45) is 3.14. The van der Waals surface area contributed by atoms with Gasteiger partial charge in [0.15, 0.2) is 0 Å². The van der Waals surface area contributed by atoms with Crippen LogP contribution in [0.5, 0.6) is 0 Å². The Morgan fingerprint density at radius 1 is 1.00 bits per heavy atom. The lowest BCUT2D eigenvalue weighted by atomic mass is 10.0. The van der Waals surface area contributed by atoms with Crippen LogP contribution in [0, 0.1) is 0 Å². The maximum atomic E-state index is 12.9. The molecule has 32 heavy (non-hydrogen) atoms. The molecular formula is C23H20Cl3N3O3. The lowest BCUT2D eigenvalue weighted by molar-refractivity contribution is -0.120. The summed E-state index contributed by atoms with van der Waals surface area (Å²) >= 11 is 18.2. The zero-order valence-electron chi connectivity index (χ0n) is 17.2. The van der Waals surface area contributed by atoms with Crippen molar-refractivity contribution >= 4 is 63.9 Å². The molecule has 0 spiro atoms. The molecule has 4 rings (SSSR count). The predicted octanol–water partition coefficient (Wildman–Crippen LogP) is 5.44. The van der Waals surface area contributed by atoms with Gasteiger partial charge in [0.25, 0.3) is 17.7 Å². The van der Waals surface area contributed by atoms with E-state index < -0.39 is 11.8 Å². The molecule has 0 radical (unpaired) electrons. The Labute approximate surface area is 200 Å². The van der Waals surface area contributed by atoms with Gasteiger partial charge in [-0.3, -0.25) is 14.4 Å². The average molecular weight is 493 g/mol. The number of carbonyl (C=O) groups is 3. The lowest BCUT2D eigenvalue weighted by Gasteiger charge is -2.33. The molecule has 1 unspecified atom stereocenters. The minimum absolute atomic E-state index is 0.0170. The highest BCUT2D eigenvalue weighted by Gasteiger charge is 2.39. The van der Waals surface area contributed by atoms with E-state index in [1.165, 1.54) is 18.2 Å². The van der Waals surface area contributed by atoms with Crippen molar-refractivity contribution in [3.05, 3.63) is 68.8 Å². The first kappa shape index (κ1) is 22.6. The van der Waals surface area contributed by atoms with E-state index >= 15 is 0 Å². The van der Waals surface area contributed by atoms with Gasteiger partial charge in [-0.2, -0.15) is 0 Å². The number of halogens is 3. The summed E-state index contributed by atoms with van der Waals surface area (Å²) < 4.78 is 0. The quantitative estimate of drug-likeness (QED) is 0.577. The highest BCUT2D eigenvalue weighted by atomic mass is 35.5. The van der Waals surface area contributed by atoms with Crippen LogP contribution in [0.3, 0.4) is 0 Å². The fourth-order valence-electron chi connectivity index (χ4n) is 3.90. The van der Waals surface area contributed by atoms with Crippen LogP contribution in [0.25, 0.3) is 0 Å². The fraction of sp³-hybridized carbons (Fsp3) is 0.261. The van der Waals surface area contributed by atoms with Gasteiger partial charge in [-0.1, -0.05) is 34.8 Å². The molecule has 6 nitrogen and oxygen atoms in total. The molecular weight excluding hydrogens is 473 g/mol. The molecule has 0 saturated carbocycles. The van der Waals surface area contributed by atoms with Gasteiger partial charge >= 0.3 is 0 Å². The molecule has 9 heteroatoms. The molecule has 1 saturated heterocycles. The average Bonchev–Trinajstić information content (AvgIpc) is 2.98. The molecule has 2 aromatic rings. The molecule has 2 aliphatic heterocycles. The number of rotatable bonds is 4. The summed E-state index contributed by atoms with van der Waals surface area (Å²) in [5.74, 6) is -1.34. The number of piperidine rings is 1. The largest absolute Gasteiger partial charge is 0.350 e. The second-order valence-corrected chi connectivity index (χ2v) is 9.00. The van der Waals surface area contributed by atoms with E-state index in [1.807, 2.05) is 4.90 Å². The Hall–Kier alpha value is -2.54. The van der Waals surface area contributed by atoms with Gasteiger partial charge in [0.2, 0.25) is 0 Å². The Kier molecular flexibility index (Phi) is 6.47. The third-order valence-electron chi connectivity index (χ3n) is 5.64. The summed E-state index contributed by atoms with van der Waals surface area (Å²) in [7, 11) is 0. The Morgan fingerprint density at radius 2 is 1.72 bits per heavy atom. The second-order valence-electron chi connectivity index (χ2n) is 7.78. The van der Waals surface area contributed by atoms with Crippen LogP contribution < -0.4 is 10.2 Å². The van der Waals surface area contributed by atoms with Crippen molar-refractivity contribution in [2.45, 2.75) is 32.2 Å². The first-order valence-corrected chi connectivity index (χ1v) is 11.3. The number of hydrogen-bond acceptors (Lipinski definition) is 4. The van der Waals surface area contributed by atoms with Gasteiger partial charge in [-0.25, -0.2) is 4.90 Å². The van der Waals surface area contributed by atoms with Crippen LogP contribution in [0.15, 0.2) is 53.2 Å². The summed E-state index contributed by atoms with van der Waals surface area (Å²) in [6, 6.07) is 11.4. The summed E-state index contributed by atoms with van der Waals surface area (Å²) in [6.45, 7) is 2.81.